The molecule has 2 aromatic carbocycles. The van der Waals surface area contributed by atoms with Gasteiger partial charge in [0.25, 0.3) is 0 Å². The van der Waals surface area contributed by atoms with Crippen molar-refractivity contribution in [1.82, 2.24) is 0 Å². The van der Waals surface area contributed by atoms with Gasteiger partial charge in [-0.25, -0.2) is 8.42 Å². The van der Waals surface area contributed by atoms with E-state index in [1.807, 2.05) is 32.9 Å². The molecule has 152 valence electrons. The number of hydrogen-bond donors (Lipinski definition) is 1. The molecule has 0 aromatic heterocycles. The maximum Gasteiger partial charge on any atom is 0.248 e. The fourth-order valence-corrected chi connectivity index (χ4v) is 4.76. The number of carbonyl (C=O) groups excluding carboxylic acids is 1. The van der Waals surface area contributed by atoms with Crippen molar-refractivity contribution in [2.24, 2.45) is 0 Å². The largest absolute Gasteiger partial charge is 0.324 e. The molecule has 0 aliphatic carbocycles. The summed E-state index contributed by atoms with van der Waals surface area (Å²) in [5, 5.41) is 3.42. The predicted octanol–water partition coefficient (Wildman–Crippen LogP) is 5.10. The lowest BCUT2D eigenvalue weighted by molar-refractivity contribution is -0.117. The number of carbonyl (C=O) groups is 1. The number of halogens is 2. The normalized spacial score (nSPS) is 12.5. The van der Waals surface area contributed by atoms with Gasteiger partial charge in [0, 0.05) is 5.69 Å². The summed E-state index contributed by atoms with van der Waals surface area (Å²) >= 11 is 12.0. The molecule has 1 atom stereocenters. The second kappa shape index (κ2) is 8.72. The molecule has 1 N–H and O–H groups in total. The van der Waals surface area contributed by atoms with Crippen LogP contribution in [0.4, 0.5) is 11.4 Å². The van der Waals surface area contributed by atoms with Crippen molar-refractivity contribution in [3.63, 3.8) is 0 Å². The van der Waals surface area contributed by atoms with Crippen molar-refractivity contribution in [3.8, 4) is 0 Å². The molecule has 8 heteroatoms. The zero-order valence-corrected chi connectivity index (χ0v) is 18.8. The molecular weight excluding hydrogens is 419 g/mol. The van der Waals surface area contributed by atoms with Gasteiger partial charge in [0.1, 0.15) is 6.04 Å². The molecule has 5 nitrogen and oxygen atoms in total. The summed E-state index contributed by atoms with van der Waals surface area (Å²) in [6.07, 6.45) is 1.34. The van der Waals surface area contributed by atoms with E-state index in [1.165, 1.54) is 18.2 Å². The van der Waals surface area contributed by atoms with E-state index >= 15 is 0 Å². The van der Waals surface area contributed by atoms with Crippen molar-refractivity contribution in [2.75, 3.05) is 15.9 Å². The van der Waals surface area contributed by atoms with Crippen LogP contribution in [-0.4, -0.2) is 26.6 Å². The molecule has 0 spiro atoms. The van der Waals surface area contributed by atoms with Crippen LogP contribution < -0.4 is 9.62 Å². The number of nitrogens with zero attached hydrogens (tertiary/aromatic N) is 1. The third kappa shape index (κ3) is 4.99. The lowest BCUT2D eigenvalue weighted by atomic mass is 10.0. The summed E-state index contributed by atoms with van der Waals surface area (Å²) in [6.45, 7) is 7.55. The van der Waals surface area contributed by atoms with Gasteiger partial charge in [-0.3, -0.25) is 9.10 Å². The maximum absolute atomic E-state index is 13.1. The highest BCUT2D eigenvalue weighted by molar-refractivity contribution is 7.92. The summed E-state index contributed by atoms with van der Waals surface area (Å²) in [4.78, 5) is 13.1. The monoisotopic (exact) mass is 442 g/mol. The van der Waals surface area contributed by atoms with E-state index in [0.717, 1.165) is 27.3 Å². The first-order valence-electron chi connectivity index (χ1n) is 8.78. The Kier molecular flexibility index (Phi) is 7.02. The van der Waals surface area contributed by atoms with Gasteiger partial charge in [-0.2, -0.15) is 0 Å². The number of anilines is 2. The Hall–Kier alpha value is -1.76. The summed E-state index contributed by atoms with van der Waals surface area (Å²) in [5.41, 5.74) is 3.91. The van der Waals surface area contributed by atoms with E-state index in [2.05, 4.69) is 5.32 Å². The first-order chi connectivity index (χ1) is 13.0. The molecule has 0 saturated carbocycles. The smallest absolute Gasteiger partial charge is 0.248 e. The molecule has 28 heavy (non-hydrogen) atoms. The lowest BCUT2D eigenvalue weighted by Crippen LogP contribution is -2.47. The van der Waals surface area contributed by atoms with E-state index < -0.39 is 22.0 Å². The second-order valence-corrected chi connectivity index (χ2v) is 9.52. The minimum absolute atomic E-state index is 0.216. The third-order valence-corrected chi connectivity index (χ3v) is 6.33. The van der Waals surface area contributed by atoms with Crippen molar-refractivity contribution >= 4 is 50.5 Å². The molecular formula is C20H24Cl2N2O3S. The number of benzene rings is 2. The Labute approximate surface area is 176 Å². The van der Waals surface area contributed by atoms with Crippen LogP contribution in [0.15, 0.2) is 30.3 Å². The van der Waals surface area contributed by atoms with E-state index in [1.54, 1.807) is 6.92 Å². The van der Waals surface area contributed by atoms with Gasteiger partial charge in [0.2, 0.25) is 15.9 Å². The molecule has 0 aliphatic rings. The molecule has 1 amide bonds. The van der Waals surface area contributed by atoms with Gasteiger partial charge in [0.15, 0.2) is 0 Å². The minimum atomic E-state index is -3.75. The average Bonchev–Trinajstić information content (AvgIpc) is 2.57. The summed E-state index contributed by atoms with van der Waals surface area (Å²) in [7, 11) is -3.75. The molecule has 0 fully saturated rings. The van der Waals surface area contributed by atoms with Crippen molar-refractivity contribution in [2.45, 2.75) is 40.2 Å². The quantitative estimate of drug-likeness (QED) is 0.676. The zero-order chi connectivity index (χ0) is 21.2. The Bertz CT molecular complexity index is 984. The maximum atomic E-state index is 13.1. The van der Waals surface area contributed by atoms with Gasteiger partial charge < -0.3 is 5.32 Å². The highest BCUT2D eigenvalue weighted by atomic mass is 35.5. The topological polar surface area (TPSA) is 66.5 Å². The summed E-state index contributed by atoms with van der Waals surface area (Å²) in [6, 6.07) is 7.49. The highest BCUT2D eigenvalue weighted by Crippen LogP contribution is 2.31. The molecule has 0 bridgehead atoms. The first-order valence-corrected chi connectivity index (χ1v) is 11.4. The van der Waals surface area contributed by atoms with Crippen LogP contribution in [0, 0.1) is 20.8 Å². The standard InChI is InChI=1S/C20H24Cl2N2O3S/c1-6-18(20(25)23-19-13(3)9-12(2)10-14(19)4)24(28(5,26)27)15-7-8-16(21)17(22)11-15/h7-11,18H,6H2,1-5H3,(H,23,25). The van der Waals surface area contributed by atoms with Crippen LogP contribution in [0.25, 0.3) is 0 Å². The molecule has 1 unspecified atom stereocenters. The summed E-state index contributed by atoms with van der Waals surface area (Å²) in [5.74, 6) is -0.408. The number of sulfonamides is 1. The average molecular weight is 443 g/mol. The van der Waals surface area contributed by atoms with Crippen LogP contribution in [0.3, 0.4) is 0 Å². The Morgan fingerprint density at radius 1 is 1.07 bits per heavy atom. The van der Waals surface area contributed by atoms with Gasteiger partial charge >= 0.3 is 0 Å². The number of nitrogens with one attached hydrogen (secondary N) is 1. The minimum Gasteiger partial charge on any atom is -0.324 e. The molecule has 2 rings (SSSR count). The van der Waals surface area contributed by atoms with Crippen molar-refractivity contribution < 1.29 is 13.2 Å². The fourth-order valence-electron chi connectivity index (χ4n) is 3.27. The molecule has 0 saturated heterocycles. The highest BCUT2D eigenvalue weighted by Gasteiger charge is 2.32. The number of rotatable bonds is 6. The van der Waals surface area contributed by atoms with Gasteiger partial charge in [-0.1, -0.05) is 47.8 Å². The molecule has 0 radical (unpaired) electrons. The van der Waals surface area contributed by atoms with E-state index in [4.69, 9.17) is 23.2 Å². The molecule has 0 heterocycles. The number of amides is 1. The second-order valence-electron chi connectivity index (χ2n) is 6.84. The summed E-state index contributed by atoms with van der Waals surface area (Å²) < 4.78 is 26.2. The Balaban J connectivity index is 2.46. The molecule has 2 aromatic rings. The van der Waals surface area contributed by atoms with Gasteiger partial charge in [0.05, 0.1) is 22.0 Å². The van der Waals surface area contributed by atoms with Crippen molar-refractivity contribution in [1.29, 1.82) is 0 Å². The predicted molar refractivity (Wildman–Crippen MR) is 117 cm³/mol. The van der Waals surface area contributed by atoms with Gasteiger partial charge in [-0.05, 0) is 56.5 Å². The SMILES string of the molecule is CCC(C(=O)Nc1c(C)cc(C)cc1C)N(c1ccc(Cl)c(Cl)c1)S(C)(=O)=O. The van der Waals surface area contributed by atoms with Crippen LogP contribution >= 0.6 is 23.2 Å². The van der Waals surface area contributed by atoms with E-state index in [9.17, 15) is 13.2 Å². The third-order valence-electron chi connectivity index (χ3n) is 4.41. The van der Waals surface area contributed by atoms with Crippen molar-refractivity contribution in [3.05, 3.63) is 57.1 Å². The van der Waals surface area contributed by atoms with Crippen LogP contribution in [-0.2, 0) is 14.8 Å². The van der Waals surface area contributed by atoms with Gasteiger partial charge in [-0.15, -0.1) is 0 Å². The Morgan fingerprint density at radius 2 is 1.64 bits per heavy atom. The first kappa shape index (κ1) is 22.5. The zero-order valence-electron chi connectivity index (χ0n) is 16.5. The molecule has 0 aliphatic heterocycles. The van der Waals surface area contributed by atoms with E-state index in [0.29, 0.717) is 10.7 Å². The number of hydrogen-bond acceptors (Lipinski definition) is 3. The van der Waals surface area contributed by atoms with Crippen LogP contribution in [0.1, 0.15) is 30.0 Å². The van der Waals surface area contributed by atoms with Crippen LogP contribution in [0.2, 0.25) is 10.0 Å². The fraction of sp³-hybridized carbons (Fsp3) is 0.350. The van der Waals surface area contributed by atoms with Crippen LogP contribution in [0.5, 0.6) is 0 Å². The number of aryl methyl sites for hydroxylation is 3. The lowest BCUT2D eigenvalue weighted by Gasteiger charge is -2.30. The Morgan fingerprint density at radius 3 is 2.11 bits per heavy atom. The van der Waals surface area contributed by atoms with E-state index in [-0.39, 0.29) is 17.1 Å².